The van der Waals surface area contributed by atoms with Gasteiger partial charge in [0.1, 0.15) is 5.69 Å². The molecule has 25 heavy (non-hydrogen) atoms. The molecule has 0 aliphatic carbocycles. The van der Waals surface area contributed by atoms with Crippen LogP contribution in [0.5, 0.6) is 0 Å². The van der Waals surface area contributed by atoms with Gasteiger partial charge in [-0.2, -0.15) is 0 Å². The van der Waals surface area contributed by atoms with Gasteiger partial charge >= 0.3 is 0 Å². The Labute approximate surface area is 143 Å². The molecular formula is C18H15N3O4. The minimum atomic E-state index is -0.487. The van der Waals surface area contributed by atoms with E-state index in [1.807, 2.05) is 0 Å². The van der Waals surface area contributed by atoms with Crippen molar-refractivity contribution >= 4 is 29.2 Å². The molecule has 3 rings (SSSR count). The molecule has 0 spiro atoms. The zero-order valence-electron chi connectivity index (χ0n) is 13.5. The highest BCUT2D eigenvalue weighted by Crippen LogP contribution is 2.20. The molecule has 7 nitrogen and oxygen atoms in total. The van der Waals surface area contributed by atoms with Crippen LogP contribution in [0.4, 0.5) is 5.69 Å². The number of nitrogens with zero attached hydrogens (tertiary/aromatic N) is 2. The number of imide groups is 1. The first-order chi connectivity index (χ1) is 12.0. The fraction of sp³-hybridized carbons (Fsp3) is 0.167. The zero-order chi connectivity index (χ0) is 18.0. The van der Waals surface area contributed by atoms with Crippen molar-refractivity contribution in [3.63, 3.8) is 0 Å². The van der Waals surface area contributed by atoms with Crippen LogP contribution < -0.4 is 5.32 Å². The molecule has 7 heteroatoms. The van der Waals surface area contributed by atoms with Crippen LogP contribution in [0.1, 0.15) is 44.5 Å². The van der Waals surface area contributed by atoms with Gasteiger partial charge in [-0.25, -0.2) is 0 Å². The van der Waals surface area contributed by atoms with Crippen molar-refractivity contribution in [3.8, 4) is 0 Å². The number of anilines is 1. The number of ketones is 1. The molecule has 0 unspecified atom stereocenters. The molecule has 3 amide bonds. The van der Waals surface area contributed by atoms with Gasteiger partial charge in [-0.05, 0) is 43.3 Å². The van der Waals surface area contributed by atoms with Crippen molar-refractivity contribution in [1.82, 2.24) is 9.88 Å². The van der Waals surface area contributed by atoms with Crippen molar-refractivity contribution in [2.24, 2.45) is 0 Å². The second-order valence-corrected chi connectivity index (χ2v) is 5.59. The highest BCUT2D eigenvalue weighted by atomic mass is 16.2. The summed E-state index contributed by atoms with van der Waals surface area (Å²) in [5.74, 6) is -1.32. The number of fused-ring (bicyclic) bond motifs is 1. The van der Waals surface area contributed by atoms with Gasteiger partial charge in [0.15, 0.2) is 5.78 Å². The van der Waals surface area contributed by atoms with Crippen LogP contribution in [-0.4, -0.2) is 39.9 Å². The second-order valence-electron chi connectivity index (χ2n) is 5.59. The molecule has 0 bridgehead atoms. The van der Waals surface area contributed by atoms with Crippen LogP contribution in [0.2, 0.25) is 0 Å². The maximum Gasteiger partial charge on any atom is 0.280 e. The van der Waals surface area contributed by atoms with E-state index < -0.39 is 11.8 Å². The molecule has 2 aromatic rings. The van der Waals surface area contributed by atoms with E-state index in [1.54, 1.807) is 36.4 Å². The minimum absolute atomic E-state index is 0.0224. The molecule has 2 heterocycles. The summed E-state index contributed by atoms with van der Waals surface area (Å²) in [5.41, 5.74) is 1.47. The SMILES string of the molecule is CC(=O)c1ccc(NC(=O)CCN2C(=O)c3cccnc3C2=O)cc1. The molecule has 1 aromatic heterocycles. The molecule has 0 atom stereocenters. The number of hydrogen-bond acceptors (Lipinski definition) is 5. The number of Topliss-reactive ketones (excluding diaryl/α,β-unsaturated/α-hetero) is 1. The van der Waals surface area contributed by atoms with E-state index in [0.29, 0.717) is 11.3 Å². The quantitative estimate of drug-likeness (QED) is 0.664. The molecule has 1 aromatic carbocycles. The maximum absolute atomic E-state index is 12.2. The summed E-state index contributed by atoms with van der Waals surface area (Å²) >= 11 is 0. The highest BCUT2D eigenvalue weighted by molar-refractivity contribution is 6.20. The molecule has 126 valence electrons. The Kier molecular flexibility index (Phi) is 4.38. The number of pyridine rings is 1. The van der Waals surface area contributed by atoms with Crippen LogP contribution in [0.15, 0.2) is 42.6 Å². The van der Waals surface area contributed by atoms with E-state index in [0.717, 1.165) is 4.90 Å². The molecule has 1 aliphatic rings. The average Bonchev–Trinajstić information content (AvgIpc) is 2.85. The second kappa shape index (κ2) is 6.64. The van der Waals surface area contributed by atoms with E-state index in [1.165, 1.54) is 13.1 Å². The third-order valence-electron chi connectivity index (χ3n) is 3.87. The number of benzene rings is 1. The Balaban J connectivity index is 1.59. The topological polar surface area (TPSA) is 96.4 Å². The summed E-state index contributed by atoms with van der Waals surface area (Å²) in [6, 6.07) is 9.62. The van der Waals surface area contributed by atoms with E-state index in [-0.39, 0.29) is 35.9 Å². The Morgan fingerprint density at radius 1 is 1.08 bits per heavy atom. The lowest BCUT2D eigenvalue weighted by atomic mass is 10.1. The first kappa shape index (κ1) is 16.5. The third kappa shape index (κ3) is 3.30. The minimum Gasteiger partial charge on any atom is -0.326 e. The van der Waals surface area contributed by atoms with Gasteiger partial charge in [-0.1, -0.05) is 0 Å². The van der Waals surface area contributed by atoms with Crippen molar-refractivity contribution < 1.29 is 19.2 Å². The summed E-state index contributed by atoms with van der Waals surface area (Å²) in [7, 11) is 0. The van der Waals surface area contributed by atoms with Gasteiger partial charge in [0.2, 0.25) is 5.91 Å². The normalized spacial score (nSPS) is 12.9. The van der Waals surface area contributed by atoms with Gasteiger partial charge in [0.05, 0.1) is 5.56 Å². The van der Waals surface area contributed by atoms with Crippen LogP contribution in [0.25, 0.3) is 0 Å². The van der Waals surface area contributed by atoms with E-state index in [2.05, 4.69) is 10.3 Å². The summed E-state index contributed by atoms with van der Waals surface area (Å²) in [4.78, 5) is 52.5. The van der Waals surface area contributed by atoms with Crippen molar-refractivity contribution in [2.45, 2.75) is 13.3 Å². The van der Waals surface area contributed by atoms with Gasteiger partial charge in [0.25, 0.3) is 11.8 Å². The molecular weight excluding hydrogens is 322 g/mol. The number of nitrogens with one attached hydrogen (secondary N) is 1. The van der Waals surface area contributed by atoms with Crippen LogP contribution in [0, 0.1) is 0 Å². The maximum atomic E-state index is 12.2. The summed E-state index contributed by atoms with van der Waals surface area (Å²) in [6.07, 6.45) is 1.42. The lowest BCUT2D eigenvalue weighted by Gasteiger charge is -2.13. The van der Waals surface area contributed by atoms with Gasteiger partial charge in [0, 0.05) is 30.4 Å². The Morgan fingerprint density at radius 2 is 1.80 bits per heavy atom. The fourth-order valence-corrected chi connectivity index (χ4v) is 2.54. The van der Waals surface area contributed by atoms with E-state index in [4.69, 9.17) is 0 Å². The van der Waals surface area contributed by atoms with Crippen molar-refractivity contribution in [3.05, 3.63) is 59.4 Å². The number of amides is 3. The van der Waals surface area contributed by atoms with Crippen molar-refractivity contribution in [1.29, 1.82) is 0 Å². The molecule has 1 N–H and O–H groups in total. The molecule has 0 saturated carbocycles. The number of carbonyl (C=O) groups excluding carboxylic acids is 4. The lowest BCUT2D eigenvalue weighted by Crippen LogP contribution is -2.33. The van der Waals surface area contributed by atoms with Crippen molar-refractivity contribution in [2.75, 3.05) is 11.9 Å². The number of rotatable bonds is 5. The Hall–Kier alpha value is -3.35. The molecule has 0 saturated heterocycles. The largest absolute Gasteiger partial charge is 0.326 e. The summed E-state index contributed by atoms with van der Waals surface area (Å²) < 4.78 is 0. The summed E-state index contributed by atoms with van der Waals surface area (Å²) in [5, 5.41) is 2.67. The number of carbonyl (C=O) groups is 4. The van der Waals surface area contributed by atoms with Crippen LogP contribution in [0.3, 0.4) is 0 Å². The van der Waals surface area contributed by atoms with Crippen LogP contribution in [-0.2, 0) is 4.79 Å². The van der Waals surface area contributed by atoms with E-state index >= 15 is 0 Å². The highest BCUT2D eigenvalue weighted by Gasteiger charge is 2.36. The molecule has 1 aliphatic heterocycles. The first-order valence-electron chi connectivity index (χ1n) is 7.69. The average molecular weight is 337 g/mol. The van der Waals surface area contributed by atoms with E-state index in [9.17, 15) is 19.2 Å². The first-order valence-corrected chi connectivity index (χ1v) is 7.69. The Bertz CT molecular complexity index is 839. The molecule has 0 fully saturated rings. The number of hydrogen-bond donors (Lipinski definition) is 1. The van der Waals surface area contributed by atoms with Gasteiger partial charge in [-0.3, -0.25) is 29.1 Å². The monoisotopic (exact) mass is 337 g/mol. The van der Waals surface area contributed by atoms with Gasteiger partial charge < -0.3 is 5.32 Å². The predicted octanol–water partition coefficient (Wildman–Crippen LogP) is 1.91. The zero-order valence-corrected chi connectivity index (χ0v) is 13.5. The summed E-state index contributed by atoms with van der Waals surface area (Å²) in [6.45, 7) is 1.44. The lowest BCUT2D eigenvalue weighted by molar-refractivity contribution is -0.116. The molecule has 0 radical (unpaired) electrons. The number of aromatic nitrogens is 1. The standard InChI is InChI=1S/C18H15N3O4/c1-11(22)12-4-6-13(7-5-12)20-15(23)8-10-21-17(24)14-3-2-9-19-16(14)18(21)25/h2-7,9H,8,10H2,1H3,(H,20,23). The van der Waals surface area contributed by atoms with Gasteiger partial charge in [-0.15, -0.1) is 0 Å². The smallest absolute Gasteiger partial charge is 0.280 e. The Morgan fingerprint density at radius 3 is 2.44 bits per heavy atom. The third-order valence-corrected chi connectivity index (χ3v) is 3.87. The van der Waals surface area contributed by atoms with Crippen LogP contribution >= 0.6 is 0 Å². The predicted molar refractivity (Wildman–Crippen MR) is 89.3 cm³/mol. The fourth-order valence-electron chi connectivity index (χ4n) is 2.54.